The fraction of sp³-hybridized carbons (Fsp3) is 0.238. The number of nitrogens with zero attached hydrogens (tertiary/aromatic N) is 4. The Morgan fingerprint density at radius 2 is 2.23 bits per heavy atom. The maximum absolute atomic E-state index is 12.9. The van der Waals surface area contributed by atoms with Gasteiger partial charge in [-0.05, 0) is 37.6 Å². The molecule has 0 spiro atoms. The topological polar surface area (TPSA) is 120 Å². The van der Waals surface area contributed by atoms with E-state index in [-0.39, 0.29) is 31.2 Å². The molecule has 0 bridgehead atoms. The maximum atomic E-state index is 12.9. The Morgan fingerprint density at radius 1 is 1.35 bits per heavy atom. The first kappa shape index (κ1) is 20.9. The van der Waals surface area contributed by atoms with Gasteiger partial charge in [-0.25, -0.2) is 4.98 Å². The van der Waals surface area contributed by atoms with Crippen LogP contribution < -0.4 is 10.2 Å². The van der Waals surface area contributed by atoms with Gasteiger partial charge in [-0.2, -0.15) is 18.6 Å². The third kappa shape index (κ3) is 4.12. The number of fused-ring (bicyclic) bond motifs is 1. The normalized spacial score (nSPS) is 15.8. The number of aromatic nitrogens is 4. The number of hydrogen-bond acceptors (Lipinski definition) is 7. The fourth-order valence-electron chi connectivity index (χ4n) is 3.68. The molecule has 4 aromatic rings. The molecule has 9 nitrogen and oxygen atoms in total. The molecule has 3 aromatic heterocycles. The third-order valence-electron chi connectivity index (χ3n) is 5.19. The minimum Gasteiger partial charge on any atom is -0.444 e. The first-order valence-corrected chi connectivity index (χ1v) is 9.67. The summed E-state index contributed by atoms with van der Waals surface area (Å²) in [5.74, 6) is -0.0202. The van der Waals surface area contributed by atoms with Crippen LogP contribution in [0.2, 0.25) is 0 Å². The smallest absolute Gasteiger partial charge is 0.277 e. The Hall–Kier alpha value is -3.37. The number of aromatic amines is 1. The Balaban J connectivity index is 0.00000231. The summed E-state index contributed by atoms with van der Waals surface area (Å²) in [4.78, 5) is 23.4. The molecule has 3 N–H and O–H groups in total. The lowest BCUT2D eigenvalue weighted by atomic mass is 10.2. The second-order valence-corrected chi connectivity index (χ2v) is 7.39. The standard InChI is InChI=1S/C21H20N6O3.H2S/c1-12-6-13(2-4-22-12)21-25-18(11-30-21)20(29)24-17-8-16-14(9-23-26-16)7-19(17)27-5-3-15(28)10-27;/h2,4,6-9,11,15,28H,3,5,10H2,1H3,(H,23,26)(H,24,29);1H2/t15-;/m0./s1. The van der Waals surface area contributed by atoms with Crippen molar-refractivity contribution >= 4 is 41.7 Å². The molecule has 1 aromatic carbocycles. The lowest BCUT2D eigenvalue weighted by molar-refractivity contribution is 0.102. The van der Waals surface area contributed by atoms with Crippen LogP contribution in [0.3, 0.4) is 0 Å². The van der Waals surface area contributed by atoms with E-state index in [1.807, 2.05) is 25.1 Å². The van der Waals surface area contributed by atoms with Crippen LogP contribution in [0, 0.1) is 6.92 Å². The highest BCUT2D eigenvalue weighted by molar-refractivity contribution is 7.59. The number of H-pyrrole nitrogens is 1. The Labute approximate surface area is 185 Å². The van der Waals surface area contributed by atoms with Crippen LogP contribution in [-0.2, 0) is 0 Å². The highest BCUT2D eigenvalue weighted by Gasteiger charge is 2.24. The molecule has 31 heavy (non-hydrogen) atoms. The number of aliphatic hydroxyl groups is 1. The van der Waals surface area contributed by atoms with Crippen molar-refractivity contribution in [3.05, 3.63) is 54.3 Å². The molecule has 5 rings (SSSR count). The number of hydrogen-bond donors (Lipinski definition) is 3. The van der Waals surface area contributed by atoms with Crippen LogP contribution in [0.5, 0.6) is 0 Å². The minimum absolute atomic E-state index is 0. The summed E-state index contributed by atoms with van der Waals surface area (Å²) in [7, 11) is 0. The van der Waals surface area contributed by atoms with Gasteiger partial charge >= 0.3 is 0 Å². The third-order valence-corrected chi connectivity index (χ3v) is 5.19. The number of β-amino-alcohol motifs (C(OH)–C–C–N with tert-alkyl or cyclic N) is 1. The van der Waals surface area contributed by atoms with E-state index in [1.54, 1.807) is 18.5 Å². The molecule has 0 aliphatic carbocycles. The SMILES string of the molecule is Cc1cc(-c2nc(C(=O)Nc3cc4[nH]ncc4cc3N3CC[C@H](O)C3)co2)ccn1.S. The van der Waals surface area contributed by atoms with Crippen LogP contribution in [0.25, 0.3) is 22.4 Å². The van der Waals surface area contributed by atoms with Crippen molar-refractivity contribution in [3.63, 3.8) is 0 Å². The number of nitrogens with one attached hydrogen (secondary N) is 2. The number of anilines is 2. The maximum Gasteiger partial charge on any atom is 0.277 e. The number of pyridine rings is 1. The van der Waals surface area contributed by atoms with Gasteiger partial charge in [-0.1, -0.05) is 0 Å². The molecule has 0 saturated carbocycles. The van der Waals surface area contributed by atoms with Crippen molar-refractivity contribution in [1.82, 2.24) is 20.2 Å². The highest BCUT2D eigenvalue weighted by atomic mass is 32.1. The van der Waals surface area contributed by atoms with Gasteiger partial charge in [0.15, 0.2) is 5.69 Å². The number of benzene rings is 1. The highest BCUT2D eigenvalue weighted by Crippen LogP contribution is 2.33. The van der Waals surface area contributed by atoms with Crippen molar-refractivity contribution in [2.24, 2.45) is 0 Å². The molecule has 10 heteroatoms. The van der Waals surface area contributed by atoms with Gasteiger partial charge in [-0.15, -0.1) is 0 Å². The van der Waals surface area contributed by atoms with E-state index in [2.05, 4.69) is 30.4 Å². The molecule has 1 aliphatic rings. The summed E-state index contributed by atoms with van der Waals surface area (Å²) in [5.41, 5.74) is 4.03. The predicted molar refractivity (Wildman–Crippen MR) is 122 cm³/mol. The lowest BCUT2D eigenvalue weighted by Crippen LogP contribution is -2.23. The lowest BCUT2D eigenvalue weighted by Gasteiger charge is -2.22. The van der Waals surface area contributed by atoms with E-state index >= 15 is 0 Å². The van der Waals surface area contributed by atoms with Gasteiger partial charge in [0.25, 0.3) is 5.91 Å². The quantitative estimate of drug-likeness (QED) is 0.448. The molecule has 0 radical (unpaired) electrons. The minimum atomic E-state index is -0.379. The number of aryl methyl sites for hydroxylation is 1. The van der Waals surface area contributed by atoms with Gasteiger partial charge in [0.2, 0.25) is 5.89 Å². The van der Waals surface area contributed by atoms with Gasteiger partial charge in [0.1, 0.15) is 6.26 Å². The zero-order valence-corrected chi connectivity index (χ0v) is 17.8. The molecule has 1 atom stereocenters. The summed E-state index contributed by atoms with van der Waals surface area (Å²) in [5, 5.41) is 20.8. The van der Waals surface area contributed by atoms with Gasteiger partial charge in [-0.3, -0.25) is 14.9 Å². The summed E-state index contributed by atoms with van der Waals surface area (Å²) in [6, 6.07) is 7.42. The second-order valence-electron chi connectivity index (χ2n) is 7.39. The van der Waals surface area contributed by atoms with Gasteiger partial charge < -0.3 is 19.7 Å². The molecule has 1 amide bonds. The summed E-state index contributed by atoms with van der Waals surface area (Å²) < 4.78 is 5.51. The van der Waals surface area contributed by atoms with Crippen LogP contribution >= 0.6 is 13.5 Å². The van der Waals surface area contributed by atoms with Crippen LogP contribution in [0.15, 0.2) is 47.3 Å². The number of carbonyl (C=O) groups excluding carboxylic acids is 1. The van der Waals surface area contributed by atoms with Crippen molar-refractivity contribution in [3.8, 4) is 11.5 Å². The monoisotopic (exact) mass is 438 g/mol. The molecule has 160 valence electrons. The summed E-state index contributed by atoms with van der Waals surface area (Å²) in [6.07, 6.45) is 5.06. The number of aliphatic hydroxyl groups excluding tert-OH is 1. The van der Waals surface area contributed by atoms with Crippen LogP contribution in [0.4, 0.5) is 11.4 Å². The average Bonchev–Trinajstić information content (AvgIpc) is 3.47. The second kappa shape index (κ2) is 8.40. The molecule has 0 unspecified atom stereocenters. The van der Waals surface area contributed by atoms with E-state index in [0.717, 1.165) is 27.8 Å². The van der Waals surface area contributed by atoms with Crippen molar-refractivity contribution in [2.45, 2.75) is 19.4 Å². The van der Waals surface area contributed by atoms with E-state index in [4.69, 9.17) is 4.42 Å². The summed E-state index contributed by atoms with van der Waals surface area (Å²) >= 11 is 0. The number of amides is 1. The van der Waals surface area contributed by atoms with Crippen molar-refractivity contribution < 1.29 is 14.3 Å². The summed E-state index contributed by atoms with van der Waals surface area (Å²) in [6.45, 7) is 3.10. The Kier molecular flexibility index (Phi) is 5.66. The van der Waals surface area contributed by atoms with Crippen LogP contribution in [0.1, 0.15) is 22.6 Å². The molecule has 1 fully saturated rings. The Morgan fingerprint density at radius 3 is 3.00 bits per heavy atom. The molecule has 1 aliphatic heterocycles. The van der Waals surface area contributed by atoms with Crippen molar-refractivity contribution in [1.29, 1.82) is 0 Å². The number of rotatable bonds is 4. The first-order chi connectivity index (χ1) is 14.6. The Bertz CT molecular complexity index is 1240. The van der Waals surface area contributed by atoms with E-state index in [9.17, 15) is 9.90 Å². The average molecular weight is 439 g/mol. The molecule has 1 saturated heterocycles. The van der Waals surface area contributed by atoms with Crippen LogP contribution in [-0.4, -0.2) is 50.4 Å². The molecule has 4 heterocycles. The predicted octanol–water partition coefficient (Wildman–Crippen LogP) is 2.86. The number of oxazole rings is 1. The van der Waals surface area contributed by atoms with Crippen molar-refractivity contribution in [2.75, 3.05) is 23.3 Å². The zero-order valence-electron chi connectivity index (χ0n) is 16.8. The van der Waals surface area contributed by atoms with E-state index < -0.39 is 0 Å². The first-order valence-electron chi connectivity index (χ1n) is 9.67. The zero-order chi connectivity index (χ0) is 20.7. The van der Waals surface area contributed by atoms with Gasteiger partial charge in [0.05, 0.1) is 29.2 Å². The molecular weight excluding hydrogens is 416 g/mol. The number of carbonyl (C=O) groups is 1. The van der Waals surface area contributed by atoms with Gasteiger partial charge in [0, 0.05) is 35.9 Å². The fourth-order valence-corrected chi connectivity index (χ4v) is 3.68. The van der Waals surface area contributed by atoms with E-state index in [0.29, 0.717) is 31.1 Å². The van der Waals surface area contributed by atoms with E-state index in [1.165, 1.54) is 6.26 Å². The largest absolute Gasteiger partial charge is 0.444 e. The molecular formula is C21H22N6O3S.